The Bertz CT molecular complexity index is 875. The molecule has 0 bridgehead atoms. The molecular formula is C19H18N4O2. The van der Waals surface area contributed by atoms with Crippen molar-refractivity contribution in [1.29, 1.82) is 0 Å². The van der Waals surface area contributed by atoms with Crippen LogP contribution in [0.4, 0.5) is 5.69 Å². The fraction of sp³-hybridized carbons (Fsp3) is 0.263. The SMILES string of the molecule is Cc1ccc(N2C(=O)[C@H]3N=NN(Cc4ccccc4C)[C@H]3C2=O)cc1. The van der Waals surface area contributed by atoms with Crippen molar-refractivity contribution >= 4 is 17.5 Å². The van der Waals surface area contributed by atoms with Crippen molar-refractivity contribution in [2.45, 2.75) is 32.5 Å². The number of aryl methyl sites for hydroxylation is 2. The van der Waals surface area contributed by atoms with Gasteiger partial charge >= 0.3 is 0 Å². The molecule has 0 radical (unpaired) electrons. The number of hydrogen-bond acceptors (Lipinski definition) is 5. The first kappa shape index (κ1) is 15.5. The minimum absolute atomic E-state index is 0.266. The number of carbonyl (C=O) groups is 2. The normalized spacial score (nSPS) is 22.0. The molecule has 6 heteroatoms. The van der Waals surface area contributed by atoms with Crippen LogP contribution < -0.4 is 4.90 Å². The maximum Gasteiger partial charge on any atom is 0.263 e. The molecule has 1 saturated heterocycles. The third-order valence-electron chi connectivity index (χ3n) is 4.74. The Hall–Kier alpha value is -3.02. The van der Waals surface area contributed by atoms with E-state index >= 15 is 0 Å². The summed E-state index contributed by atoms with van der Waals surface area (Å²) in [5, 5.41) is 9.78. The van der Waals surface area contributed by atoms with E-state index in [9.17, 15) is 9.59 Å². The molecule has 2 aliphatic rings. The average Bonchev–Trinajstić information content (AvgIpc) is 3.12. The van der Waals surface area contributed by atoms with E-state index in [0.717, 1.165) is 16.7 Å². The smallest absolute Gasteiger partial charge is 0.263 e. The second kappa shape index (κ2) is 5.81. The van der Waals surface area contributed by atoms with Crippen LogP contribution in [0.2, 0.25) is 0 Å². The number of carbonyl (C=O) groups excluding carboxylic acids is 2. The molecule has 0 spiro atoms. The Balaban J connectivity index is 1.62. The molecule has 2 aromatic rings. The molecule has 0 N–H and O–H groups in total. The number of amides is 2. The quantitative estimate of drug-likeness (QED) is 0.811. The Morgan fingerprint density at radius 1 is 0.960 bits per heavy atom. The Labute approximate surface area is 145 Å². The lowest BCUT2D eigenvalue weighted by atomic mass is 10.1. The summed E-state index contributed by atoms with van der Waals surface area (Å²) < 4.78 is 0. The monoisotopic (exact) mass is 334 g/mol. The first-order chi connectivity index (χ1) is 12.1. The van der Waals surface area contributed by atoms with Crippen LogP contribution in [-0.4, -0.2) is 28.9 Å². The number of rotatable bonds is 3. The molecule has 2 aromatic carbocycles. The molecule has 0 saturated carbocycles. The molecule has 2 heterocycles. The standard InChI is InChI=1S/C19H18N4O2/c1-12-7-9-15(10-8-12)23-18(24)16-17(19(23)25)22(21-20-16)11-14-6-4-3-5-13(14)2/h3-10,16-17H,11H2,1-2H3/t16-,17+/m0/s1. The van der Waals surface area contributed by atoms with Gasteiger partial charge in [0, 0.05) is 0 Å². The summed E-state index contributed by atoms with van der Waals surface area (Å²) >= 11 is 0. The van der Waals surface area contributed by atoms with Crippen LogP contribution in [0.1, 0.15) is 16.7 Å². The molecule has 126 valence electrons. The highest BCUT2D eigenvalue weighted by Gasteiger charge is 2.54. The van der Waals surface area contributed by atoms with Gasteiger partial charge in [-0.25, -0.2) is 4.90 Å². The largest absolute Gasteiger partial charge is 0.271 e. The summed E-state index contributed by atoms with van der Waals surface area (Å²) in [4.78, 5) is 26.8. The Morgan fingerprint density at radius 3 is 2.40 bits per heavy atom. The van der Waals surface area contributed by atoms with E-state index in [-0.39, 0.29) is 11.8 Å². The van der Waals surface area contributed by atoms with Crippen LogP contribution in [0, 0.1) is 13.8 Å². The van der Waals surface area contributed by atoms with Gasteiger partial charge < -0.3 is 0 Å². The maximum absolute atomic E-state index is 12.9. The fourth-order valence-electron chi connectivity index (χ4n) is 3.26. The minimum atomic E-state index is -0.752. The van der Waals surface area contributed by atoms with Crippen molar-refractivity contribution in [3.8, 4) is 0 Å². The summed E-state index contributed by atoms with van der Waals surface area (Å²) in [7, 11) is 0. The summed E-state index contributed by atoms with van der Waals surface area (Å²) in [5.41, 5.74) is 3.84. The van der Waals surface area contributed by atoms with Crippen LogP contribution in [0.3, 0.4) is 0 Å². The van der Waals surface area contributed by atoms with Crippen LogP contribution in [0.5, 0.6) is 0 Å². The molecule has 2 amide bonds. The lowest BCUT2D eigenvalue weighted by molar-refractivity contribution is -0.123. The van der Waals surface area contributed by atoms with E-state index in [0.29, 0.717) is 12.2 Å². The van der Waals surface area contributed by atoms with Crippen LogP contribution >= 0.6 is 0 Å². The third-order valence-corrected chi connectivity index (χ3v) is 4.74. The molecule has 2 aliphatic heterocycles. The topological polar surface area (TPSA) is 65.3 Å². The first-order valence-electron chi connectivity index (χ1n) is 8.22. The first-order valence-corrected chi connectivity index (χ1v) is 8.22. The molecule has 2 atom stereocenters. The average molecular weight is 334 g/mol. The van der Waals surface area contributed by atoms with Gasteiger partial charge in [-0.1, -0.05) is 47.2 Å². The van der Waals surface area contributed by atoms with Crippen LogP contribution in [0.15, 0.2) is 58.9 Å². The van der Waals surface area contributed by atoms with Gasteiger partial charge in [0.15, 0.2) is 12.1 Å². The minimum Gasteiger partial charge on any atom is -0.271 e. The van der Waals surface area contributed by atoms with Gasteiger partial charge in [-0.2, -0.15) is 5.11 Å². The zero-order valence-corrected chi connectivity index (χ0v) is 14.1. The molecule has 25 heavy (non-hydrogen) atoms. The van der Waals surface area contributed by atoms with Gasteiger partial charge in [-0.05, 0) is 37.1 Å². The highest BCUT2D eigenvalue weighted by molar-refractivity contribution is 6.25. The molecule has 1 fully saturated rings. The number of benzene rings is 2. The summed E-state index contributed by atoms with van der Waals surface area (Å²) in [6.45, 7) is 4.43. The van der Waals surface area contributed by atoms with Crippen molar-refractivity contribution in [3.63, 3.8) is 0 Å². The second-order valence-electron chi connectivity index (χ2n) is 6.47. The number of anilines is 1. The van der Waals surface area contributed by atoms with Gasteiger partial charge in [-0.15, -0.1) is 0 Å². The molecule has 0 unspecified atom stereocenters. The van der Waals surface area contributed by atoms with Crippen LogP contribution in [0.25, 0.3) is 0 Å². The zero-order valence-electron chi connectivity index (χ0n) is 14.1. The van der Waals surface area contributed by atoms with Crippen molar-refractivity contribution < 1.29 is 9.59 Å². The van der Waals surface area contributed by atoms with Crippen molar-refractivity contribution in [1.82, 2.24) is 5.01 Å². The molecular weight excluding hydrogens is 316 g/mol. The van der Waals surface area contributed by atoms with E-state index in [1.807, 2.05) is 50.2 Å². The fourth-order valence-corrected chi connectivity index (χ4v) is 3.26. The second-order valence-corrected chi connectivity index (χ2v) is 6.47. The maximum atomic E-state index is 12.9. The van der Waals surface area contributed by atoms with Gasteiger partial charge in [0.2, 0.25) is 0 Å². The van der Waals surface area contributed by atoms with Crippen molar-refractivity contribution in [2.24, 2.45) is 10.3 Å². The van der Waals surface area contributed by atoms with Gasteiger partial charge in [0.05, 0.1) is 12.2 Å². The number of nitrogens with zero attached hydrogens (tertiary/aromatic N) is 4. The number of hydrogen-bond donors (Lipinski definition) is 0. The van der Waals surface area contributed by atoms with E-state index in [1.54, 1.807) is 17.1 Å². The number of fused-ring (bicyclic) bond motifs is 1. The van der Waals surface area contributed by atoms with Gasteiger partial charge in [0.25, 0.3) is 11.8 Å². The van der Waals surface area contributed by atoms with Crippen LogP contribution in [-0.2, 0) is 16.1 Å². The highest BCUT2D eigenvalue weighted by atomic mass is 16.2. The van der Waals surface area contributed by atoms with Crippen molar-refractivity contribution in [2.75, 3.05) is 4.90 Å². The summed E-state index contributed by atoms with van der Waals surface area (Å²) in [6, 6.07) is 13.9. The predicted octanol–water partition coefficient (Wildman–Crippen LogP) is 2.80. The molecule has 0 aliphatic carbocycles. The summed E-state index contributed by atoms with van der Waals surface area (Å²) in [5.74, 6) is -0.577. The van der Waals surface area contributed by atoms with Gasteiger partial charge in [0.1, 0.15) is 0 Å². The van der Waals surface area contributed by atoms with E-state index < -0.39 is 12.1 Å². The molecule has 4 rings (SSSR count). The van der Waals surface area contributed by atoms with E-state index in [4.69, 9.17) is 0 Å². The third kappa shape index (κ3) is 2.50. The lowest BCUT2D eigenvalue weighted by Gasteiger charge is -2.21. The predicted molar refractivity (Wildman–Crippen MR) is 92.8 cm³/mol. The van der Waals surface area contributed by atoms with Gasteiger partial charge in [-0.3, -0.25) is 14.6 Å². The Morgan fingerprint density at radius 2 is 1.68 bits per heavy atom. The highest BCUT2D eigenvalue weighted by Crippen LogP contribution is 2.33. The number of imide groups is 1. The lowest BCUT2D eigenvalue weighted by Crippen LogP contribution is -2.39. The molecule has 6 nitrogen and oxygen atoms in total. The van der Waals surface area contributed by atoms with E-state index in [2.05, 4.69) is 10.3 Å². The van der Waals surface area contributed by atoms with E-state index in [1.165, 1.54) is 4.90 Å². The zero-order chi connectivity index (χ0) is 17.6. The Kier molecular flexibility index (Phi) is 3.60. The van der Waals surface area contributed by atoms with Crippen molar-refractivity contribution in [3.05, 3.63) is 65.2 Å². The molecule has 0 aromatic heterocycles. The summed E-state index contributed by atoms with van der Waals surface area (Å²) in [6.07, 6.45) is 0.